The Labute approximate surface area is 161 Å². The van der Waals surface area contributed by atoms with Gasteiger partial charge < -0.3 is 15.0 Å². The van der Waals surface area contributed by atoms with Crippen molar-refractivity contribution >= 4 is 23.4 Å². The van der Waals surface area contributed by atoms with Crippen LogP contribution in [0.3, 0.4) is 0 Å². The fourth-order valence-electron chi connectivity index (χ4n) is 3.23. The summed E-state index contributed by atoms with van der Waals surface area (Å²) in [6.07, 6.45) is -0.830. The first-order valence-electron chi connectivity index (χ1n) is 8.86. The zero-order valence-corrected chi connectivity index (χ0v) is 15.3. The number of nitriles is 1. The summed E-state index contributed by atoms with van der Waals surface area (Å²) in [6, 6.07) is 6.20. The van der Waals surface area contributed by atoms with Crippen molar-refractivity contribution in [2.24, 2.45) is 0 Å². The highest BCUT2D eigenvalue weighted by molar-refractivity contribution is 5.90. The number of cyclic esters (lactones) is 1. The summed E-state index contributed by atoms with van der Waals surface area (Å²) in [5.41, 5.74) is 0.966. The summed E-state index contributed by atoms with van der Waals surface area (Å²) in [5.74, 6) is -0.815. The molecule has 0 radical (unpaired) electrons. The number of carbonyl (C=O) groups is 2. The second-order valence-corrected chi connectivity index (χ2v) is 6.68. The van der Waals surface area contributed by atoms with Crippen molar-refractivity contribution in [2.75, 3.05) is 36.0 Å². The number of carbonyl (C=O) groups excluding carboxylic acids is 2. The van der Waals surface area contributed by atoms with Gasteiger partial charge in [-0.25, -0.2) is 13.6 Å². The van der Waals surface area contributed by atoms with E-state index in [4.69, 9.17) is 10.00 Å². The Kier molecular flexibility index (Phi) is 5.78. The quantitative estimate of drug-likeness (QED) is 0.780. The van der Waals surface area contributed by atoms with Crippen molar-refractivity contribution in [3.63, 3.8) is 0 Å². The van der Waals surface area contributed by atoms with E-state index in [0.29, 0.717) is 17.8 Å². The molecule has 2 atom stereocenters. The molecule has 2 amide bonds. The molecule has 1 aromatic rings. The van der Waals surface area contributed by atoms with Crippen molar-refractivity contribution in [1.82, 2.24) is 5.32 Å². The van der Waals surface area contributed by atoms with Crippen LogP contribution in [0.15, 0.2) is 29.8 Å². The third-order valence-corrected chi connectivity index (χ3v) is 4.68. The number of halogens is 2. The van der Waals surface area contributed by atoms with Gasteiger partial charge in [-0.2, -0.15) is 5.26 Å². The van der Waals surface area contributed by atoms with Gasteiger partial charge in [-0.1, -0.05) is 6.08 Å². The summed E-state index contributed by atoms with van der Waals surface area (Å²) in [7, 11) is 0. The molecule has 1 unspecified atom stereocenters. The summed E-state index contributed by atoms with van der Waals surface area (Å²) in [6.45, 7) is 2.01. The van der Waals surface area contributed by atoms with Crippen LogP contribution in [0.5, 0.6) is 0 Å². The van der Waals surface area contributed by atoms with Gasteiger partial charge in [0, 0.05) is 13.5 Å². The number of hydrogen-bond donors (Lipinski definition) is 1. The molecule has 28 heavy (non-hydrogen) atoms. The third kappa shape index (κ3) is 4.22. The highest BCUT2D eigenvalue weighted by atomic mass is 19.1. The van der Waals surface area contributed by atoms with Crippen molar-refractivity contribution < 1.29 is 23.1 Å². The van der Waals surface area contributed by atoms with E-state index in [2.05, 4.69) is 5.32 Å². The van der Waals surface area contributed by atoms with Crippen LogP contribution < -0.4 is 15.1 Å². The molecule has 1 N–H and O–H groups in total. The fraction of sp³-hybridized carbons (Fsp3) is 0.421. The summed E-state index contributed by atoms with van der Waals surface area (Å²) < 4.78 is 34.0. The predicted octanol–water partition coefficient (Wildman–Crippen LogP) is 2.29. The second-order valence-electron chi connectivity index (χ2n) is 6.68. The molecule has 0 aromatic heterocycles. The molecule has 0 saturated carbocycles. The molecular weight excluding hydrogens is 370 g/mol. The van der Waals surface area contributed by atoms with Gasteiger partial charge in [-0.3, -0.25) is 9.69 Å². The molecule has 3 rings (SSSR count). The summed E-state index contributed by atoms with van der Waals surface area (Å²) >= 11 is 0. The van der Waals surface area contributed by atoms with Crippen LogP contribution >= 0.6 is 0 Å². The lowest BCUT2D eigenvalue weighted by Crippen LogP contribution is -2.36. The lowest BCUT2D eigenvalue weighted by atomic mass is 10.0. The van der Waals surface area contributed by atoms with Crippen molar-refractivity contribution in [1.29, 1.82) is 5.26 Å². The molecule has 1 fully saturated rings. The maximum atomic E-state index is 14.7. The number of rotatable bonds is 5. The minimum Gasteiger partial charge on any atom is -0.442 e. The van der Waals surface area contributed by atoms with Gasteiger partial charge in [0.15, 0.2) is 0 Å². The zero-order chi connectivity index (χ0) is 20.3. The molecule has 2 aliphatic heterocycles. The highest BCUT2D eigenvalue weighted by Crippen LogP contribution is 2.30. The smallest absolute Gasteiger partial charge is 0.414 e. The lowest BCUT2D eigenvalue weighted by Gasteiger charge is -2.30. The summed E-state index contributed by atoms with van der Waals surface area (Å²) in [4.78, 5) is 25.9. The first-order chi connectivity index (χ1) is 13.4. The summed E-state index contributed by atoms with van der Waals surface area (Å²) in [5, 5.41) is 11.3. The molecule has 0 spiro atoms. The van der Waals surface area contributed by atoms with Gasteiger partial charge in [0.05, 0.1) is 43.5 Å². The number of ether oxygens (including phenoxy) is 1. The molecule has 1 aromatic carbocycles. The number of hydrogen-bond acceptors (Lipinski definition) is 5. The number of anilines is 2. The molecule has 2 aliphatic rings. The van der Waals surface area contributed by atoms with Crippen LogP contribution in [-0.4, -0.2) is 50.5 Å². The largest absolute Gasteiger partial charge is 0.442 e. The van der Waals surface area contributed by atoms with Crippen LogP contribution in [0.4, 0.5) is 25.0 Å². The Morgan fingerprint density at radius 3 is 2.86 bits per heavy atom. The van der Waals surface area contributed by atoms with E-state index >= 15 is 0 Å². The number of amides is 2. The van der Waals surface area contributed by atoms with E-state index in [1.54, 1.807) is 17.0 Å². The predicted molar refractivity (Wildman–Crippen MR) is 98.1 cm³/mol. The van der Waals surface area contributed by atoms with Gasteiger partial charge in [-0.05, 0) is 23.8 Å². The molecule has 148 valence electrons. The maximum Gasteiger partial charge on any atom is 0.414 e. The van der Waals surface area contributed by atoms with Crippen molar-refractivity contribution in [3.8, 4) is 6.07 Å². The topological polar surface area (TPSA) is 85.7 Å². The van der Waals surface area contributed by atoms with Crippen LogP contribution in [0.25, 0.3) is 0 Å². The SMILES string of the molecule is CC(=O)NC[C@H]1CN(c2ccc(N3CC=C(CC#N)C(F)C3)c(F)c2)C(=O)O1. The number of nitrogens with zero attached hydrogens (tertiary/aromatic N) is 3. The van der Waals surface area contributed by atoms with E-state index in [1.165, 1.54) is 24.0 Å². The molecule has 0 aliphatic carbocycles. The Morgan fingerprint density at radius 2 is 2.21 bits per heavy atom. The number of nitrogens with one attached hydrogen (secondary N) is 1. The Hall–Kier alpha value is -3.15. The monoisotopic (exact) mass is 390 g/mol. The molecule has 9 heteroatoms. The molecule has 0 bridgehead atoms. The third-order valence-electron chi connectivity index (χ3n) is 4.68. The van der Waals surface area contributed by atoms with Crippen LogP contribution in [-0.2, 0) is 9.53 Å². The lowest BCUT2D eigenvalue weighted by molar-refractivity contribution is -0.119. The molecule has 1 saturated heterocycles. The second kappa shape index (κ2) is 8.25. The average Bonchev–Trinajstić information content (AvgIpc) is 3.02. The van der Waals surface area contributed by atoms with Gasteiger partial charge in [0.2, 0.25) is 5.91 Å². The van der Waals surface area contributed by atoms with Gasteiger partial charge in [0.25, 0.3) is 0 Å². The van der Waals surface area contributed by atoms with E-state index in [-0.39, 0.29) is 37.6 Å². The molecular formula is C19H20F2N4O3. The minimum absolute atomic E-state index is 0.0210. The molecule has 7 nitrogen and oxygen atoms in total. The van der Waals surface area contributed by atoms with Crippen LogP contribution in [0.2, 0.25) is 0 Å². The normalized spacial score (nSPS) is 21.8. The Balaban J connectivity index is 1.70. The number of alkyl halides is 1. The molecule has 2 heterocycles. The van der Waals surface area contributed by atoms with E-state index in [0.717, 1.165) is 0 Å². The fourth-order valence-corrected chi connectivity index (χ4v) is 3.23. The van der Waals surface area contributed by atoms with Gasteiger partial charge in [0.1, 0.15) is 18.1 Å². The first kappa shape index (κ1) is 19.6. The standard InChI is InChI=1S/C19H20F2N4O3/c1-12(26)23-9-15-10-25(19(27)28-15)14-2-3-18(16(20)8-14)24-7-5-13(4-6-22)17(21)11-24/h2-3,5,8,15,17H,4,7,9-11H2,1H3,(H,23,26)/t15-,17?/m0/s1. The zero-order valence-electron chi connectivity index (χ0n) is 15.3. The Bertz CT molecular complexity index is 852. The minimum atomic E-state index is -1.32. The van der Waals surface area contributed by atoms with Crippen LogP contribution in [0, 0.1) is 17.1 Å². The Morgan fingerprint density at radius 1 is 1.43 bits per heavy atom. The van der Waals surface area contributed by atoms with Crippen molar-refractivity contribution in [3.05, 3.63) is 35.7 Å². The van der Waals surface area contributed by atoms with Gasteiger partial charge >= 0.3 is 6.09 Å². The van der Waals surface area contributed by atoms with E-state index < -0.39 is 24.2 Å². The van der Waals surface area contributed by atoms with E-state index in [9.17, 15) is 18.4 Å². The van der Waals surface area contributed by atoms with Crippen molar-refractivity contribution in [2.45, 2.75) is 25.6 Å². The average molecular weight is 390 g/mol. The number of benzene rings is 1. The maximum absolute atomic E-state index is 14.7. The van der Waals surface area contributed by atoms with Crippen LogP contribution in [0.1, 0.15) is 13.3 Å². The van der Waals surface area contributed by atoms with Gasteiger partial charge in [-0.15, -0.1) is 0 Å². The van der Waals surface area contributed by atoms with E-state index in [1.807, 2.05) is 6.07 Å². The highest BCUT2D eigenvalue weighted by Gasteiger charge is 2.33. The first-order valence-corrected chi connectivity index (χ1v) is 8.86.